The number of rotatable bonds is 2. The second-order valence-corrected chi connectivity index (χ2v) is 0.450. The highest BCUT2D eigenvalue weighted by Gasteiger charge is 1.57. The van der Waals surface area contributed by atoms with Crippen LogP contribution in [0, 0.1) is 0 Å². The summed E-state index contributed by atoms with van der Waals surface area (Å²) in [5.41, 5.74) is 1.72. The molecule has 0 aromatic carbocycles. The van der Waals surface area contributed by atoms with Crippen LogP contribution in [0.15, 0.2) is 5.10 Å². The molecule has 1 amide bonds. The minimum Gasteiger partial charge on any atom is -0.277 e. The highest BCUT2D eigenvalue weighted by molar-refractivity contribution is 5.47. The average molecular weight is 86.0 g/mol. The molecule has 0 aliphatic carbocycles. The lowest BCUT2D eigenvalue weighted by molar-refractivity contribution is -0.109. The number of carbonyl (C=O) groups excluding carboxylic acids is 2. The maximum absolute atomic E-state index is 9.18. The van der Waals surface area contributed by atoms with Gasteiger partial charge in [0.05, 0.1) is 0 Å². The molecule has 6 heavy (non-hydrogen) atoms. The van der Waals surface area contributed by atoms with E-state index < -0.39 is 0 Å². The van der Waals surface area contributed by atoms with Crippen LogP contribution >= 0.6 is 0 Å². The van der Waals surface area contributed by atoms with Crippen LogP contribution in [0.25, 0.3) is 0 Å². The largest absolute Gasteiger partial charge is 0.277 e. The van der Waals surface area contributed by atoms with Crippen LogP contribution in [0.4, 0.5) is 0 Å². The SMILES string of the molecule is O=C=NNC=O. The van der Waals surface area contributed by atoms with Crippen LogP contribution in [0.5, 0.6) is 0 Å². The summed E-state index contributed by atoms with van der Waals surface area (Å²) >= 11 is 0. The molecule has 4 nitrogen and oxygen atoms in total. The summed E-state index contributed by atoms with van der Waals surface area (Å²) in [5, 5.41) is 2.67. The van der Waals surface area contributed by atoms with Crippen molar-refractivity contribution >= 4 is 12.5 Å². The maximum atomic E-state index is 9.18. The van der Waals surface area contributed by atoms with Gasteiger partial charge in [-0.2, -0.15) is 0 Å². The van der Waals surface area contributed by atoms with E-state index in [1.807, 2.05) is 0 Å². The maximum Gasteiger partial charge on any atom is 0.258 e. The van der Waals surface area contributed by atoms with E-state index in [1.165, 1.54) is 0 Å². The monoisotopic (exact) mass is 86.0 g/mol. The van der Waals surface area contributed by atoms with Crippen LogP contribution in [0.3, 0.4) is 0 Å². The second-order valence-electron chi connectivity index (χ2n) is 0.450. The zero-order valence-corrected chi connectivity index (χ0v) is 2.84. The Hall–Kier alpha value is -1.15. The third-order valence-corrected chi connectivity index (χ3v) is 0.163. The number of hydrazone groups is 1. The van der Waals surface area contributed by atoms with Crippen molar-refractivity contribution in [1.82, 2.24) is 5.43 Å². The first-order chi connectivity index (χ1) is 2.91. The Morgan fingerprint density at radius 3 is 2.67 bits per heavy atom. The predicted octanol–water partition coefficient (Wildman–Crippen LogP) is -1.02. The summed E-state index contributed by atoms with van der Waals surface area (Å²) < 4.78 is 0. The molecule has 0 aromatic rings. The summed E-state index contributed by atoms with van der Waals surface area (Å²) in [6.45, 7) is 0. The lowest BCUT2D eigenvalue weighted by atomic mass is 11.4. The number of hydrogen-bond acceptors (Lipinski definition) is 3. The van der Waals surface area contributed by atoms with Crippen molar-refractivity contribution in [2.45, 2.75) is 0 Å². The number of hydrogen-bond donors (Lipinski definition) is 1. The molecular weight excluding hydrogens is 84.0 g/mol. The van der Waals surface area contributed by atoms with E-state index in [4.69, 9.17) is 4.79 Å². The van der Waals surface area contributed by atoms with E-state index in [1.54, 1.807) is 5.43 Å². The molecule has 4 heteroatoms. The highest BCUT2D eigenvalue weighted by atomic mass is 16.1. The quantitative estimate of drug-likeness (QED) is 0.202. The zero-order valence-electron chi connectivity index (χ0n) is 2.84. The molecule has 0 fully saturated rings. The molecule has 0 radical (unpaired) electrons. The van der Waals surface area contributed by atoms with Crippen molar-refractivity contribution in [3.05, 3.63) is 0 Å². The van der Waals surface area contributed by atoms with Crippen LogP contribution in [0.1, 0.15) is 0 Å². The minimum absolute atomic E-state index is 0.283. The van der Waals surface area contributed by atoms with Crippen LogP contribution < -0.4 is 5.43 Å². The first kappa shape index (κ1) is 4.85. The molecule has 0 aromatic heterocycles. The zero-order chi connectivity index (χ0) is 4.83. The highest BCUT2D eigenvalue weighted by Crippen LogP contribution is 1.35. The molecule has 0 spiro atoms. The molecule has 0 aliphatic heterocycles. The minimum atomic E-state index is 0.283. The molecule has 32 valence electrons. The van der Waals surface area contributed by atoms with Crippen molar-refractivity contribution in [2.24, 2.45) is 5.10 Å². The first-order valence-electron chi connectivity index (χ1n) is 1.18. The molecular formula is C2H2N2O2. The summed E-state index contributed by atoms with van der Waals surface area (Å²) in [5.74, 6) is 0. The van der Waals surface area contributed by atoms with Gasteiger partial charge >= 0.3 is 0 Å². The van der Waals surface area contributed by atoms with Crippen molar-refractivity contribution < 1.29 is 9.59 Å². The first-order valence-corrected chi connectivity index (χ1v) is 1.18. The molecule has 0 heterocycles. The van der Waals surface area contributed by atoms with E-state index in [0.717, 1.165) is 6.08 Å². The topological polar surface area (TPSA) is 58.5 Å². The molecule has 0 atom stereocenters. The Morgan fingerprint density at radius 2 is 2.50 bits per heavy atom. The smallest absolute Gasteiger partial charge is 0.258 e. The van der Waals surface area contributed by atoms with E-state index in [-0.39, 0.29) is 6.41 Å². The van der Waals surface area contributed by atoms with Gasteiger partial charge in [0.15, 0.2) is 0 Å². The molecule has 0 aliphatic rings. The van der Waals surface area contributed by atoms with Gasteiger partial charge in [-0.15, -0.1) is 0 Å². The van der Waals surface area contributed by atoms with Crippen molar-refractivity contribution in [3.63, 3.8) is 0 Å². The van der Waals surface area contributed by atoms with Gasteiger partial charge in [0.1, 0.15) is 0 Å². The van der Waals surface area contributed by atoms with Crippen LogP contribution in [0.2, 0.25) is 0 Å². The van der Waals surface area contributed by atoms with Gasteiger partial charge in [0.25, 0.3) is 6.08 Å². The second kappa shape index (κ2) is 3.85. The van der Waals surface area contributed by atoms with E-state index >= 15 is 0 Å². The van der Waals surface area contributed by atoms with Gasteiger partial charge in [-0.25, -0.2) is 10.2 Å². The summed E-state index contributed by atoms with van der Waals surface area (Å²) in [6, 6.07) is 0. The van der Waals surface area contributed by atoms with E-state index in [2.05, 4.69) is 5.10 Å². The van der Waals surface area contributed by atoms with Gasteiger partial charge in [0, 0.05) is 0 Å². The van der Waals surface area contributed by atoms with E-state index in [9.17, 15) is 4.79 Å². The van der Waals surface area contributed by atoms with Crippen molar-refractivity contribution in [2.75, 3.05) is 0 Å². The van der Waals surface area contributed by atoms with Crippen LogP contribution in [-0.2, 0) is 9.59 Å². The van der Waals surface area contributed by atoms with Crippen molar-refractivity contribution in [3.8, 4) is 0 Å². The molecule has 0 unspecified atom stereocenters. The van der Waals surface area contributed by atoms with Gasteiger partial charge in [-0.1, -0.05) is 5.10 Å². The Balaban J connectivity index is 3.07. The van der Waals surface area contributed by atoms with Crippen molar-refractivity contribution in [1.29, 1.82) is 0 Å². The van der Waals surface area contributed by atoms with Gasteiger partial charge in [-0.3, -0.25) is 4.79 Å². The number of amides is 1. The standard InChI is InChI=1S/C2H2N2O2/c5-1-3-4-2-6/h1H,(H,3,5). The Bertz CT molecular complexity index is 83.5. The molecule has 0 saturated carbocycles. The Kier molecular flexibility index (Phi) is 3.11. The molecule has 0 bridgehead atoms. The fourth-order valence-electron chi connectivity index (χ4n) is 0.0527. The summed E-state index contributed by atoms with van der Waals surface area (Å²) in [4.78, 5) is 18.2. The predicted molar refractivity (Wildman–Crippen MR) is 17.3 cm³/mol. The fraction of sp³-hybridized carbons (Fsp3) is 0. The Labute approximate surface area is 33.8 Å². The third-order valence-electron chi connectivity index (χ3n) is 0.163. The van der Waals surface area contributed by atoms with Gasteiger partial charge < -0.3 is 0 Å². The molecule has 0 rings (SSSR count). The van der Waals surface area contributed by atoms with Gasteiger partial charge in [0.2, 0.25) is 6.41 Å². The summed E-state index contributed by atoms with van der Waals surface area (Å²) in [7, 11) is 0. The van der Waals surface area contributed by atoms with E-state index in [0.29, 0.717) is 0 Å². The lowest BCUT2D eigenvalue weighted by Crippen LogP contribution is -1.97. The molecule has 1 N–H and O–H groups in total. The third kappa shape index (κ3) is 2.85. The number of carbonyl (C=O) groups is 1. The number of nitrogens with one attached hydrogen (secondary N) is 1. The Morgan fingerprint density at radius 1 is 1.83 bits per heavy atom. The van der Waals surface area contributed by atoms with Crippen LogP contribution in [-0.4, -0.2) is 12.5 Å². The normalized spacial score (nSPS) is 5.33. The number of nitrogens with zero attached hydrogens (tertiary/aromatic N) is 1. The summed E-state index contributed by atoms with van der Waals surface area (Å²) in [6.07, 6.45) is 1.38. The fourth-order valence-corrected chi connectivity index (χ4v) is 0.0527. The average Bonchev–Trinajstić information content (AvgIpc) is 1.61. The molecule has 0 saturated heterocycles. The lowest BCUT2D eigenvalue weighted by Gasteiger charge is -1.67. The van der Waals surface area contributed by atoms with Gasteiger partial charge in [-0.05, 0) is 0 Å². The number of isocyanates is 1.